The lowest BCUT2D eigenvalue weighted by molar-refractivity contribution is 0.181. The lowest BCUT2D eigenvalue weighted by Gasteiger charge is -2.26. The first kappa shape index (κ1) is 34.2. The Morgan fingerprint density at radius 2 is 1.79 bits per heavy atom. The van der Waals surface area contributed by atoms with E-state index < -0.39 is 0 Å². The fraction of sp³-hybridized carbons (Fsp3) is 0.192. The van der Waals surface area contributed by atoms with Gasteiger partial charge in [-0.15, -0.1) is 0 Å². The minimum absolute atomic E-state index is 0.136. The molecule has 1 aromatic heterocycles. The molecule has 274 valence electrons. The van der Waals surface area contributed by atoms with Gasteiger partial charge < -0.3 is 14.7 Å². The van der Waals surface area contributed by atoms with Gasteiger partial charge >= 0.3 is 0 Å². The molecule has 56 heavy (non-hydrogen) atoms. The summed E-state index contributed by atoms with van der Waals surface area (Å²) in [4.78, 5) is 5.02. The average Bonchev–Trinajstić information content (AvgIpc) is 3.78. The van der Waals surface area contributed by atoms with Crippen molar-refractivity contribution in [3.05, 3.63) is 202 Å². The van der Waals surface area contributed by atoms with Gasteiger partial charge in [-0.1, -0.05) is 120 Å². The summed E-state index contributed by atoms with van der Waals surface area (Å²) >= 11 is 0. The highest BCUT2D eigenvalue weighted by Gasteiger charge is 2.42. The molecule has 2 heterocycles. The van der Waals surface area contributed by atoms with Crippen LogP contribution in [0.5, 0.6) is 0 Å². The van der Waals surface area contributed by atoms with E-state index in [-0.39, 0.29) is 12.0 Å². The number of benzene rings is 4. The average molecular weight is 728 g/mol. The predicted octanol–water partition coefficient (Wildman–Crippen LogP) is 12.3. The predicted molar refractivity (Wildman–Crippen MR) is 233 cm³/mol. The first-order valence-corrected chi connectivity index (χ1v) is 20.0. The Balaban J connectivity index is 1.01. The summed E-state index contributed by atoms with van der Waals surface area (Å²) in [5.74, 6) is 2.26. The molecule has 10 rings (SSSR count). The lowest BCUT2D eigenvalue weighted by atomic mass is 9.77. The molecule has 1 aliphatic heterocycles. The number of aliphatic imine (C=N–C) groups is 1. The van der Waals surface area contributed by atoms with Crippen molar-refractivity contribution in [3.63, 3.8) is 0 Å². The minimum atomic E-state index is 0.136. The van der Waals surface area contributed by atoms with Crippen LogP contribution in [0.4, 0.5) is 0 Å². The van der Waals surface area contributed by atoms with Crippen LogP contribution in [-0.4, -0.2) is 22.6 Å². The Hall–Kier alpha value is -6.26. The smallest absolute Gasteiger partial charge is 0.124 e. The number of hydrogen-bond acceptors (Lipinski definition) is 3. The van der Waals surface area contributed by atoms with Crippen LogP contribution in [0.1, 0.15) is 54.1 Å². The zero-order valence-electron chi connectivity index (χ0n) is 32.0. The molecule has 1 N–H and O–H groups in total. The van der Waals surface area contributed by atoms with E-state index in [1.54, 1.807) is 0 Å². The van der Waals surface area contributed by atoms with Gasteiger partial charge in [0.15, 0.2) is 0 Å². The molecule has 0 amide bonds. The number of rotatable bonds is 7. The van der Waals surface area contributed by atoms with Gasteiger partial charge in [0.2, 0.25) is 0 Å². The normalized spacial score (nSPS) is 22.6. The Morgan fingerprint density at radius 1 is 0.911 bits per heavy atom. The van der Waals surface area contributed by atoms with Gasteiger partial charge in [0.1, 0.15) is 11.9 Å². The van der Waals surface area contributed by atoms with E-state index in [2.05, 4.69) is 152 Å². The number of ether oxygens (including phenoxy) is 1. The van der Waals surface area contributed by atoms with Crippen LogP contribution in [0, 0.1) is 30.1 Å². The third-order valence-electron chi connectivity index (χ3n) is 12.2. The van der Waals surface area contributed by atoms with E-state index in [1.165, 1.54) is 49.8 Å². The van der Waals surface area contributed by atoms with Crippen LogP contribution in [-0.2, 0) is 11.2 Å². The quantitative estimate of drug-likeness (QED) is 0.167. The molecule has 4 aliphatic carbocycles. The van der Waals surface area contributed by atoms with Crippen LogP contribution >= 0.6 is 0 Å². The Kier molecular flexibility index (Phi) is 8.63. The molecule has 0 saturated carbocycles. The zero-order chi connectivity index (χ0) is 37.8. The first-order valence-electron chi connectivity index (χ1n) is 20.0. The maximum atomic E-state index is 8.92. The van der Waals surface area contributed by atoms with Gasteiger partial charge in [0.05, 0.1) is 16.9 Å². The van der Waals surface area contributed by atoms with Gasteiger partial charge in [-0.05, 0) is 121 Å². The largest absolute Gasteiger partial charge is 0.489 e. The SMILES string of the molecule is CC1=CC(C(=C/C(=N)c2cccc(C)c2)/N=C/c2ccc(-n3c4c(c5c6ccccc6ccc53)CC(C3=C5OC6C=CC=CC6C5CC=C3)C=C4)cc2)=CCC1. The topological polar surface area (TPSA) is 50.4 Å². The van der Waals surface area contributed by atoms with E-state index in [1.807, 2.05) is 24.4 Å². The van der Waals surface area contributed by atoms with E-state index in [0.717, 1.165) is 59.3 Å². The highest BCUT2D eigenvalue weighted by molar-refractivity contribution is 6.11. The van der Waals surface area contributed by atoms with Gasteiger partial charge in [0.25, 0.3) is 0 Å². The highest BCUT2D eigenvalue weighted by Crippen LogP contribution is 2.48. The second kappa shape index (κ2) is 14.1. The second-order valence-electron chi connectivity index (χ2n) is 15.9. The molecule has 5 aromatic rings. The Bertz CT molecular complexity index is 2720. The summed E-state index contributed by atoms with van der Waals surface area (Å²) in [6, 6.07) is 30.2. The molecule has 1 saturated heterocycles. The van der Waals surface area contributed by atoms with E-state index in [9.17, 15) is 0 Å². The Labute approximate surface area is 329 Å². The third-order valence-corrected chi connectivity index (χ3v) is 12.2. The van der Waals surface area contributed by atoms with Crippen molar-refractivity contribution in [2.45, 2.75) is 45.6 Å². The monoisotopic (exact) mass is 727 g/mol. The van der Waals surface area contributed by atoms with Crippen molar-refractivity contribution in [2.75, 3.05) is 0 Å². The number of aromatic nitrogens is 1. The maximum Gasteiger partial charge on any atom is 0.124 e. The standard InChI is InChI=1S/C52H45N3O/c1-33-10-7-13-38(28-33)46(53)31-47(39-14-8-11-34(2)29-39)54-32-35-20-24-40(25-21-35)55-48-26-23-37(30-45(48)51-41-15-4-3-12-36(41)22-27-49(51)55)42-17-9-18-44-43-16-5-6-19-50(43)56-52(42)44/h3-7,9-10,12-17,19-29,31-32,37,43-44,50,53H,8,11,18,30H2,1-2H3/b47-31-,53-46?,54-32+. The molecule has 4 aromatic carbocycles. The van der Waals surface area contributed by atoms with E-state index >= 15 is 0 Å². The molecule has 4 heteroatoms. The minimum Gasteiger partial charge on any atom is -0.489 e. The van der Waals surface area contributed by atoms with Crippen molar-refractivity contribution in [3.8, 4) is 5.69 Å². The van der Waals surface area contributed by atoms with Gasteiger partial charge in [0, 0.05) is 40.7 Å². The van der Waals surface area contributed by atoms with Crippen molar-refractivity contribution in [1.29, 1.82) is 5.41 Å². The van der Waals surface area contributed by atoms with Crippen molar-refractivity contribution in [1.82, 2.24) is 4.57 Å². The molecule has 0 bridgehead atoms. The van der Waals surface area contributed by atoms with Gasteiger partial charge in [-0.3, -0.25) is 4.99 Å². The summed E-state index contributed by atoms with van der Waals surface area (Å²) in [5, 5.41) is 12.8. The van der Waals surface area contributed by atoms with E-state index in [0.29, 0.717) is 17.5 Å². The van der Waals surface area contributed by atoms with Crippen molar-refractivity contribution in [2.24, 2.45) is 22.7 Å². The van der Waals surface area contributed by atoms with Gasteiger partial charge in [-0.2, -0.15) is 0 Å². The zero-order valence-corrected chi connectivity index (χ0v) is 32.0. The molecule has 5 aliphatic rings. The summed E-state index contributed by atoms with van der Waals surface area (Å²) in [6.07, 6.45) is 30.8. The molecule has 1 fully saturated rings. The van der Waals surface area contributed by atoms with Crippen molar-refractivity contribution >= 4 is 39.7 Å². The van der Waals surface area contributed by atoms with Crippen LogP contribution in [0.15, 0.2) is 179 Å². The van der Waals surface area contributed by atoms with Crippen LogP contribution in [0.3, 0.4) is 0 Å². The fourth-order valence-electron chi connectivity index (χ4n) is 9.41. The van der Waals surface area contributed by atoms with Crippen molar-refractivity contribution < 1.29 is 4.74 Å². The molecule has 4 nitrogen and oxygen atoms in total. The number of nitrogens with one attached hydrogen (secondary N) is 1. The van der Waals surface area contributed by atoms with Crippen LogP contribution < -0.4 is 0 Å². The molecule has 4 atom stereocenters. The molecule has 0 spiro atoms. The van der Waals surface area contributed by atoms with Gasteiger partial charge in [-0.25, -0.2) is 0 Å². The second-order valence-corrected chi connectivity index (χ2v) is 15.9. The molecular formula is C52H45N3O. The highest BCUT2D eigenvalue weighted by atomic mass is 16.5. The summed E-state index contributed by atoms with van der Waals surface area (Å²) in [7, 11) is 0. The fourth-order valence-corrected chi connectivity index (χ4v) is 9.41. The number of allylic oxidation sites excluding steroid dienone is 11. The maximum absolute atomic E-state index is 8.92. The summed E-state index contributed by atoms with van der Waals surface area (Å²) in [6.45, 7) is 4.24. The van der Waals surface area contributed by atoms with E-state index in [4.69, 9.17) is 15.1 Å². The number of fused-ring (bicyclic) bond motifs is 8. The summed E-state index contributed by atoms with van der Waals surface area (Å²) in [5.41, 5.74) is 13.0. The number of hydrogen-bond donors (Lipinski definition) is 1. The van der Waals surface area contributed by atoms with Crippen LogP contribution in [0.25, 0.3) is 33.4 Å². The third kappa shape index (κ3) is 6.10. The molecule has 0 radical (unpaired) electrons. The summed E-state index contributed by atoms with van der Waals surface area (Å²) < 4.78 is 9.14. The number of aryl methyl sites for hydroxylation is 1. The molecular weight excluding hydrogens is 683 g/mol. The molecule has 4 unspecified atom stereocenters. The first-order chi connectivity index (χ1) is 27.5. The number of nitrogens with zero attached hydrogens (tertiary/aromatic N) is 2. The Morgan fingerprint density at radius 3 is 2.66 bits per heavy atom. The lowest BCUT2D eigenvalue weighted by Crippen LogP contribution is -2.19. The van der Waals surface area contributed by atoms with Crippen LogP contribution in [0.2, 0.25) is 0 Å².